The maximum atomic E-state index is 13.9. The smallest absolute Gasteiger partial charge is 0.126 e. The molecule has 2 nitrogen and oxygen atoms in total. The third-order valence-corrected chi connectivity index (χ3v) is 3.84. The van der Waals surface area contributed by atoms with Gasteiger partial charge in [-0.3, -0.25) is 0 Å². The molecule has 4 heteroatoms. The molecule has 0 aliphatic heterocycles. The first-order valence-corrected chi connectivity index (χ1v) is 7.77. The van der Waals surface area contributed by atoms with Gasteiger partial charge in [-0.1, -0.05) is 28.1 Å². The lowest BCUT2D eigenvalue weighted by atomic mass is 9.98. The lowest BCUT2D eigenvalue weighted by Crippen LogP contribution is -2.19. The van der Waals surface area contributed by atoms with Crippen LogP contribution in [-0.4, -0.2) is 13.7 Å². The number of nitrogens with one attached hydrogen (secondary N) is 1. The quantitative estimate of drug-likeness (QED) is 0.827. The lowest BCUT2D eigenvalue weighted by molar-refractivity contribution is 0.339. The number of hydrogen-bond donors (Lipinski definition) is 1. The van der Waals surface area contributed by atoms with Gasteiger partial charge < -0.3 is 10.1 Å². The van der Waals surface area contributed by atoms with Gasteiger partial charge in [-0.25, -0.2) is 4.39 Å². The van der Waals surface area contributed by atoms with Crippen LogP contribution < -0.4 is 10.1 Å². The van der Waals surface area contributed by atoms with Crippen molar-refractivity contribution in [2.45, 2.75) is 19.4 Å². The van der Waals surface area contributed by atoms with Crippen LogP contribution in [0.4, 0.5) is 4.39 Å². The molecule has 112 valence electrons. The van der Waals surface area contributed by atoms with Gasteiger partial charge in [0.25, 0.3) is 0 Å². The summed E-state index contributed by atoms with van der Waals surface area (Å²) in [7, 11) is 1.88. The molecule has 0 saturated heterocycles. The second-order valence-electron chi connectivity index (χ2n) is 4.79. The molecule has 0 spiro atoms. The van der Waals surface area contributed by atoms with Crippen LogP contribution in [0.15, 0.2) is 46.9 Å². The fraction of sp³-hybridized carbons (Fsp3) is 0.294. The number of rotatable bonds is 6. The molecule has 0 amide bonds. The first kappa shape index (κ1) is 16.0. The Hall–Kier alpha value is -1.39. The SMILES string of the molecule is CCOc1cccc(C(Cc2cc(Br)ccc2F)NC)c1. The van der Waals surface area contributed by atoms with Crippen molar-refractivity contribution in [3.63, 3.8) is 0 Å². The first-order valence-electron chi connectivity index (χ1n) is 6.98. The maximum absolute atomic E-state index is 13.9. The van der Waals surface area contributed by atoms with Gasteiger partial charge in [0.2, 0.25) is 0 Å². The summed E-state index contributed by atoms with van der Waals surface area (Å²) in [5.41, 5.74) is 1.77. The predicted molar refractivity (Wildman–Crippen MR) is 87.2 cm³/mol. The van der Waals surface area contributed by atoms with Crippen molar-refractivity contribution in [3.8, 4) is 5.75 Å². The third-order valence-electron chi connectivity index (χ3n) is 3.35. The van der Waals surface area contributed by atoms with Crippen molar-refractivity contribution in [1.29, 1.82) is 0 Å². The summed E-state index contributed by atoms with van der Waals surface area (Å²) in [4.78, 5) is 0. The Morgan fingerprint density at radius 2 is 2.05 bits per heavy atom. The van der Waals surface area contributed by atoms with Crippen molar-refractivity contribution in [3.05, 3.63) is 63.9 Å². The minimum Gasteiger partial charge on any atom is -0.494 e. The molecule has 2 aromatic rings. The molecular weight excluding hydrogens is 333 g/mol. The summed E-state index contributed by atoms with van der Waals surface area (Å²) in [6.07, 6.45) is 0.581. The second-order valence-corrected chi connectivity index (χ2v) is 5.70. The summed E-state index contributed by atoms with van der Waals surface area (Å²) in [5.74, 6) is 0.657. The van der Waals surface area contributed by atoms with E-state index in [1.807, 2.05) is 44.3 Å². The van der Waals surface area contributed by atoms with E-state index in [2.05, 4.69) is 21.2 Å². The Morgan fingerprint density at radius 3 is 2.76 bits per heavy atom. The van der Waals surface area contributed by atoms with Crippen molar-refractivity contribution < 1.29 is 9.13 Å². The lowest BCUT2D eigenvalue weighted by Gasteiger charge is -2.18. The molecule has 1 atom stereocenters. The summed E-state index contributed by atoms with van der Waals surface area (Å²) < 4.78 is 20.3. The molecule has 0 saturated carbocycles. The van der Waals surface area contributed by atoms with Gasteiger partial charge in [-0.05, 0) is 61.9 Å². The molecule has 21 heavy (non-hydrogen) atoms. The van der Waals surface area contributed by atoms with E-state index in [0.717, 1.165) is 15.8 Å². The zero-order valence-corrected chi connectivity index (χ0v) is 13.8. The van der Waals surface area contributed by atoms with Gasteiger partial charge in [0.05, 0.1) is 6.61 Å². The number of benzene rings is 2. The summed E-state index contributed by atoms with van der Waals surface area (Å²) in [5, 5.41) is 3.25. The number of halogens is 2. The van der Waals surface area contributed by atoms with E-state index in [1.54, 1.807) is 6.07 Å². The Kier molecular flexibility index (Phi) is 5.76. The standard InChI is InChI=1S/C17H19BrFNO/c1-3-21-15-6-4-5-12(10-15)17(20-2)11-13-9-14(18)7-8-16(13)19/h4-10,17,20H,3,11H2,1-2H3. The Morgan fingerprint density at radius 1 is 1.24 bits per heavy atom. The maximum Gasteiger partial charge on any atom is 0.126 e. The van der Waals surface area contributed by atoms with E-state index in [-0.39, 0.29) is 11.9 Å². The molecule has 1 N–H and O–H groups in total. The highest BCUT2D eigenvalue weighted by Gasteiger charge is 2.14. The second kappa shape index (κ2) is 7.57. The van der Waals surface area contributed by atoms with Crippen molar-refractivity contribution in [2.24, 2.45) is 0 Å². The number of hydrogen-bond acceptors (Lipinski definition) is 2. The minimum absolute atomic E-state index is 0.0363. The monoisotopic (exact) mass is 351 g/mol. The minimum atomic E-state index is -0.181. The van der Waals surface area contributed by atoms with E-state index in [0.29, 0.717) is 18.6 Å². The van der Waals surface area contributed by atoms with Crippen molar-refractivity contribution in [2.75, 3.05) is 13.7 Å². The highest BCUT2D eigenvalue weighted by Crippen LogP contribution is 2.25. The molecule has 1 unspecified atom stereocenters. The van der Waals surface area contributed by atoms with Crippen LogP contribution in [0.25, 0.3) is 0 Å². The topological polar surface area (TPSA) is 21.3 Å². The van der Waals surface area contributed by atoms with E-state index in [1.165, 1.54) is 6.07 Å². The van der Waals surface area contributed by atoms with Crippen LogP contribution in [0.3, 0.4) is 0 Å². The van der Waals surface area contributed by atoms with Crippen LogP contribution in [0, 0.1) is 5.82 Å². The van der Waals surface area contributed by atoms with Crippen molar-refractivity contribution >= 4 is 15.9 Å². The Bertz CT molecular complexity index is 603. The molecule has 2 aromatic carbocycles. The average molecular weight is 352 g/mol. The van der Waals surface area contributed by atoms with Gasteiger partial charge in [0.1, 0.15) is 11.6 Å². The molecule has 0 aliphatic rings. The molecule has 0 fully saturated rings. The fourth-order valence-corrected chi connectivity index (χ4v) is 2.70. The molecule has 2 rings (SSSR count). The van der Waals surface area contributed by atoms with E-state index in [4.69, 9.17) is 4.74 Å². The highest BCUT2D eigenvalue weighted by atomic mass is 79.9. The van der Waals surface area contributed by atoms with Crippen LogP contribution in [-0.2, 0) is 6.42 Å². The van der Waals surface area contributed by atoms with Gasteiger partial charge >= 0.3 is 0 Å². The van der Waals surface area contributed by atoms with E-state index < -0.39 is 0 Å². The first-order chi connectivity index (χ1) is 10.1. The molecule has 0 radical (unpaired) electrons. The van der Waals surface area contributed by atoms with Gasteiger partial charge in [0, 0.05) is 10.5 Å². The van der Waals surface area contributed by atoms with Gasteiger partial charge in [-0.15, -0.1) is 0 Å². The zero-order chi connectivity index (χ0) is 15.2. The molecule has 0 aliphatic carbocycles. The van der Waals surface area contributed by atoms with E-state index in [9.17, 15) is 4.39 Å². The largest absolute Gasteiger partial charge is 0.494 e. The van der Waals surface area contributed by atoms with Crippen LogP contribution in [0.2, 0.25) is 0 Å². The van der Waals surface area contributed by atoms with Gasteiger partial charge in [-0.2, -0.15) is 0 Å². The average Bonchev–Trinajstić information content (AvgIpc) is 2.49. The highest BCUT2D eigenvalue weighted by molar-refractivity contribution is 9.10. The Labute approximate surface area is 133 Å². The molecule has 0 bridgehead atoms. The van der Waals surface area contributed by atoms with Crippen LogP contribution >= 0.6 is 15.9 Å². The molecular formula is C17H19BrFNO. The zero-order valence-electron chi connectivity index (χ0n) is 12.2. The molecule has 0 heterocycles. The molecule has 0 aromatic heterocycles. The summed E-state index contributed by atoms with van der Waals surface area (Å²) >= 11 is 3.39. The van der Waals surface area contributed by atoms with Crippen LogP contribution in [0.1, 0.15) is 24.1 Å². The third kappa shape index (κ3) is 4.29. The van der Waals surface area contributed by atoms with Crippen molar-refractivity contribution in [1.82, 2.24) is 5.32 Å². The predicted octanol–water partition coefficient (Wildman–Crippen LogP) is 4.49. The number of likely N-dealkylation sites (N-methyl/N-ethyl adjacent to an activating group) is 1. The summed E-state index contributed by atoms with van der Waals surface area (Å²) in [6, 6.07) is 13.0. The number of ether oxygens (including phenoxy) is 1. The Balaban J connectivity index is 2.23. The summed E-state index contributed by atoms with van der Waals surface area (Å²) in [6.45, 7) is 2.59. The van der Waals surface area contributed by atoms with E-state index >= 15 is 0 Å². The fourth-order valence-electron chi connectivity index (χ4n) is 2.29. The van der Waals surface area contributed by atoms with Gasteiger partial charge in [0.15, 0.2) is 0 Å². The van der Waals surface area contributed by atoms with Crippen LogP contribution in [0.5, 0.6) is 5.75 Å². The normalized spacial score (nSPS) is 12.2.